The molecule has 0 unspecified atom stereocenters. The number of nitrogens with zero attached hydrogens (tertiary/aromatic N) is 3. The number of nitrogens with two attached hydrogens (primary N) is 1. The molecule has 0 radical (unpaired) electrons. The molecule has 1 amide bonds. The minimum atomic E-state index is -0.502. The van der Waals surface area contributed by atoms with Gasteiger partial charge in [-0.1, -0.05) is 0 Å². The lowest BCUT2D eigenvalue weighted by molar-refractivity contribution is -0.115. The van der Waals surface area contributed by atoms with Crippen molar-refractivity contribution >= 4 is 34.1 Å². The third-order valence-corrected chi connectivity index (χ3v) is 3.21. The number of hydrogen-bond acceptors (Lipinski definition) is 6. The fourth-order valence-electron chi connectivity index (χ4n) is 1.24. The van der Waals surface area contributed by atoms with Crippen molar-refractivity contribution in [1.82, 2.24) is 14.9 Å². The number of anilines is 1. The van der Waals surface area contributed by atoms with E-state index >= 15 is 0 Å². The predicted octanol–water partition coefficient (Wildman–Crippen LogP) is 1.19. The van der Waals surface area contributed by atoms with Crippen molar-refractivity contribution in [3.05, 3.63) is 16.0 Å². The topological polar surface area (TPSA) is 98.4 Å². The number of rotatable bonds is 3. The van der Waals surface area contributed by atoms with Crippen LogP contribution >= 0.6 is 15.9 Å². The zero-order valence-electron chi connectivity index (χ0n) is 11.6. The second-order valence-corrected chi connectivity index (χ2v) is 5.26. The third-order valence-electron chi connectivity index (χ3n) is 2.43. The Morgan fingerprint density at radius 3 is 2.40 bits per heavy atom. The number of carbonyl (C=O) groups excluding carboxylic acids is 2. The van der Waals surface area contributed by atoms with Gasteiger partial charge in [-0.2, -0.15) is 0 Å². The van der Waals surface area contributed by atoms with Crippen LogP contribution in [0.25, 0.3) is 0 Å². The van der Waals surface area contributed by atoms with Crippen molar-refractivity contribution in [3.63, 3.8) is 0 Å². The molecule has 1 aliphatic carbocycles. The molecule has 0 atom stereocenters. The van der Waals surface area contributed by atoms with Crippen LogP contribution in [0.1, 0.15) is 35.1 Å². The van der Waals surface area contributed by atoms with Gasteiger partial charge in [0.2, 0.25) is 6.41 Å². The van der Waals surface area contributed by atoms with E-state index in [9.17, 15) is 9.59 Å². The van der Waals surface area contributed by atoms with Crippen LogP contribution in [0.4, 0.5) is 5.82 Å². The maximum absolute atomic E-state index is 11.4. The number of amides is 1. The molecule has 110 valence electrons. The molecule has 8 heteroatoms. The summed E-state index contributed by atoms with van der Waals surface area (Å²) in [7, 11) is 4.68. The lowest BCUT2D eigenvalue weighted by Crippen LogP contribution is -2.11. The van der Waals surface area contributed by atoms with Crippen LogP contribution in [-0.2, 0) is 9.53 Å². The number of nitrogen functional groups attached to an aromatic ring is 1. The van der Waals surface area contributed by atoms with E-state index < -0.39 is 5.97 Å². The molecule has 0 saturated heterocycles. The van der Waals surface area contributed by atoms with E-state index in [4.69, 9.17) is 5.73 Å². The van der Waals surface area contributed by atoms with E-state index in [0.717, 1.165) is 19.3 Å². The Kier molecular flexibility index (Phi) is 5.87. The highest BCUT2D eigenvalue weighted by Crippen LogP contribution is 2.39. The van der Waals surface area contributed by atoms with Crippen LogP contribution in [0.15, 0.2) is 4.47 Å². The van der Waals surface area contributed by atoms with Gasteiger partial charge in [-0.15, -0.1) is 0 Å². The molecule has 1 aliphatic rings. The van der Waals surface area contributed by atoms with Gasteiger partial charge in [0.15, 0.2) is 5.69 Å². The smallest absolute Gasteiger partial charge is 0.358 e. The van der Waals surface area contributed by atoms with E-state index in [0.29, 0.717) is 16.2 Å². The van der Waals surface area contributed by atoms with E-state index in [-0.39, 0.29) is 11.5 Å². The highest BCUT2D eigenvalue weighted by molar-refractivity contribution is 9.10. The molecular weight excluding hydrogens is 328 g/mol. The number of aromatic nitrogens is 2. The van der Waals surface area contributed by atoms with Crippen molar-refractivity contribution in [3.8, 4) is 0 Å². The zero-order chi connectivity index (χ0) is 15.3. The lowest BCUT2D eigenvalue weighted by atomic mass is 10.3. The van der Waals surface area contributed by atoms with E-state index in [1.54, 1.807) is 14.1 Å². The molecule has 20 heavy (non-hydrogen) atoms. The molecule has 0 spiro atoms. The normalized spacial score (nSPS) is 13.0. The van der Waals surface area contributed by atoms with Gasteiger partial charge in [-0.05, 0) is 28.8 Å². The molecule has 1 aromatic rings. The summed E-state index contributed by atoms with van der Waals surface area (Å²) in [5, 5.41) is 0. The Morgan fingerprint density at radius 2 is 2.00 bits per heavy atom. The number of carbonyl (C=O) groups is 2. The zero-order valence-corrected chi connectivity index (χ0v) is 13.2. The summed E-state index contributed by atoms with van der Waals surface area (Å²) < 4.78 is 5.01. The van der Waals surface area contributed by atoms with E-state index in [1.807, 2.05) is 0 Å². The fraction of sp³-hybridized carbons (Fsp3) is 0.500. The van der Waals surface area contributed by atoms with Crippen molar-refractivity contribution in [2.45, 2.75) is 18.8 Å². The number of esters is 1. The van der Waals surface area contributed by atoms with Gasteiger partial charge in [0.1, 0.15) is 11.6 Å². The maximum atomic E-state index is 11.4. The first-order valence-corrected chi connectivity index (χ1v) is 6.73. The Labute approximate surface area is 125 Å². The van der Waals surface area contributed by atoms with Gasteiger partial charge >= 0.3 is 5.97 Å². The van der Waals surface area contributed by atoms with Crippen molar-refractivity contribution in [1.29, 1.82) is 0 Å². The summed E-state index contributed by atoms with van der Waals surface area (Å²) >= 11 is 3.17. The van der Waals surface area contributed by atoms with Gasteiger partial charge in [-0.25, -0.2) is 14.8 Å². The SMILES string of the molecule is CN(C)C=O.COC(=O)c1nc(C2CC2)nc(N)c1Br. The highest BCUT2D eigenvalue weighted by Gasteiger charge is 2.29. The summed E-state index contributed by atoms with van der Waals surface area (Å²) in [4.78, 5) is 30.5. The molecule has 0 aliphatic heterocycles. The fourth-order valence-corrected chi connectivity index (χ4v) is 1.58. The van der Waals surface area contributed by atoms with Crippen LogP contribution in [0.2, 0.25) is 0 Å². The van der Waals surface area contributed by atoms with Crippen molar-refractivity contribution < 1.29 is 14.3 Å². The average molecular weight is 345 g/mol. The monoisotopic (exact) mass is 344 g/mol. The van der Waals surface area contributed by atoms with Crippen LogP contribution in [-0.4, -0.2) is 48.5 Å². The molecule has 1 heterocycles. The van der Waals surface area contributed by atoms with Gasteiger partial charge in [0, 0.05) is 20.0 Å². The van der Waals surface area contributed by atoms with Crippen LogP contribution in [0.3, 0.4) is 0 Å². The third kappa shape index (κ3) is 4.44. The first-order chi connectivity index (χ1) is 9.40. The van der Waals surface area contributed by atoms with Crippen LogP contribution in [0.5, 0.6) is 0 Å². The quantitative estimate of drug-likeness (QED) is 0.653. The van der Waals surface area contributed by atoms with E-state index in [2.05, 4.69) is 30.6 Å². The summed E-state index contributed by atoms with van der Waals surface area (Å²) in [6.07, 6.45) is 2.86. The van der Waals surface area contributed by atoms with Gasteiger partial charge in [0.05, 0.1) is 11.6 Å². The van der Waals surface area contributed by atoms with Crippen molar-refractivity contribution in [2.24, 2.45) is 0 Å². The molecule has 2 N–H and O–H groups in total. The summed E-state index contributed by atoms with van der Waals surface area (Å²) in [6.45, 7) is 0. The number of hydrogen-bond donors (Lipinski definition) is 1. The van der Waals surface area contributed by atoms with Gasteiger partial charge in [0.25, 0.3) is 0 Å². The standard InChI is InChI=1S/C9H10BrN3O2.C3H7NO/c1-15-9(14)6-5(10)7(11)13-8(12-6)4-2-3-4;1-4(2)3-5/h4H,2-3H2,1H3,(H2,11,12,13);3H,1-2H3. The summed E-state index contributed by atoms with van der Waals surface area (Å²) in [6, 6.07) is 0. The molecule has 1 saturated carbocycles. The largest absolute Gasteiger partial charge is 0.464 e. The van der Waals surface area contributed by atoms with Crippen LogP contribution < -0.4 is 5.73 Å². The number of methoxy groups -OCH3 is 1. The first kappa shape index (κ1) is 16.4. The number of ether oxygens (including phenoxy) is 1. The molecule has 1 aromatic heterocycles. The molecule has 1 fully saturated rings. The molecular formula is C12H17BrN4O3. The average Bonchev–Trinajstić information content (AvgIpc) is 3.26. The Hall–Kier alpha value is -1.70. The summed E-state index contributed by atoms with van der Waals surface area (Å²) in [5.41, 5.74) is 5.87. The maximum Gasteiger partial charge on any atom is 0.358 e. The second kappa shape index (κ2) is 7.18. The minimum Gasteiger partial charge on any atom is -0.464 e. The van der Waals surface area contributed by atoms with Gasteiger partial charge < -0.3 is 15.4 Å². The molecule has 7 nitrogen and oxygen atoms in total. The summed E-state index contributed by atoms with van der Waals surface area (Å²) in [5.74, 6) is 0.769. The molecule has 2 rings (SSSR count). The first-order valence-electron chi connectivity index (χ1n) is 5.93. The van der Waals surface area contributed by atoms with Gasteiger partial charge in [-0.3, -0.25) is 4.79 Å². The predicted molar refractivity (Wildman–Crippen MR) is 77.2 cm³/mol. The second-order valence-electron chi connectivity index (χ2n) is 4.46. The molecule has 0 bridgehead atoms. The Balaban J connectivity index is 0.000000347. The van der Waals surface area contributed by atoms with Crippen molar-refractivity contribution in [2.75, 3.05) is 26.9 Å². The Morgan fingerprint density at radius 1 is 1.45 bits per heavy atom. The van der Waals surface area contributed by atoms with Crippen LogP contribution in [0, 0.1) is 0 Å². The minimum absolute atomic E-state index is 0.201. The van der Waals surface area contributed by atoms with E-state index in [1.165, 1.54) is 12.0 Å². The number of halogens is 1. The lowest BCUT2D eigenvalue weighted by Gasteiger charge is -2.06. The molecule has 0 aromatic carbocycles. The highest BCUT2D eigenvalue weighted by atomic mass is 79.9. The Bertz CT molecular complexity index is 504.